The summed E-state index contributed by atoms with van der Waals surface area (Å²) in [5.41, 5.74) is 1.36. The Balaban J connectivity index is 2.15. The van der Waals surface area contributed by atoms with Crippen molar-refractivity contribution in [3.8, 4) is 0 Å². The summed E-state index contributed by atoms with van der Waals surface area (Å²) in [6, 6.07) is 8.79. The molecular weight excluding hydrogens is 365 g/mol. The van der Waals surface area contributed by atoms with E-state index < -0.39 is 0 Å². The Morgan fingerprint density at radius 2 is 2.13 bits per heavy atom. The zero-order chi connectivity index (χ0) is 10.4. The highest BCUT2D eigenvalue weighted by Gasteiger charge is 2.23. The lowest BCUT2D eigenvalue weighted by Gasteiger charge is -2.06. The van der Waals surface area contributed by atoms with Crippen LogP contribution in [0.2, 0.25) is 0 Å². The third-order valence-electron chi connectivity index (χ3n) is 2.95. The molecule has 2 aromatic rings. The molecule has 0 bridgehead atoms. The minimum absolute atomic E-state index is 0.924. The van der Waals surface area contributed by atoms with Crippen LogP contribution in [0.15, 0.2) is 28.7 Å². The standard InChI is InChI=1S/C12H11BrIN/c13-10-4-3-9-5-12(14)15(11(9)6-10)7-8-1-2-8/h3-6,8H,1-2,7H2. The molecule has 1 fully saturated rings. The van der Waals surface area contributed by atoms with Crippen molar-refractivity contribution in [2.45, 2.75) is 19.4 Å². The highest BCUT2D eigenvalue weighted by atomic mass is 127. The molecule has 0 N–H and O–H groups in total. The number of hydrogen-bond donors (Lipinski definition) is 0. The molecule has 0 aliphatic heterocycles. The molecule has 1 heterocycles. The second-order valence-corrected chi connectivity index (χ2v) is 6.25. The number of aromatic nitrogens is 1. The van der Waals surface area contributed by atoms with Crippen molar-refractivity contribution >= 4 is 49.4 Å². The van der Waals surface area contributed by atoms with E-state index in [0.29, 0.717) is 0 Å². The highest BCUT2D eigenvalue weighted by molar-refractivity contribution is 14.1. The first kappa shape index (κ1) is 10.1. The number of fused-ring (bicyclic) bond motifs is 1. The second kappa shape index (κ2) is 3.77. The van der Waals surface area contributed by atoms with Gasteiger partial charge in [-0.25, -0.2) is 0 Å². The van der Waals surface area contributed by atoms with Crippen molar-refractivity contribution in [3.05, 3.63) is 32.4 Å². The van der Waals surface area contributed by atoms with E-state index in [1.807, 2.05) is 0 Å². The van der Waals surface area contributed by atoms with Gasteiger partial charge in [-0.2, -0.15) is 0 Å². The van der Waals surface area contributed by atoms with Crippen LogP contribution in [0, 0.1) is 9.62 Å². The summed E-state index contributed by atoms with van der Waals surface area (Å²) in [5.74, 6) is 0.924. The molecule has 0 atom stereocenters. The van der Waals surface area contributed by atoms with Gasteiger partial charge in [-0.05, 0) is 59.5 Å². The molecule has 0 radical (unpaired) electrons. The van der Waals surface area contributed by atoms with Gasteiger partial charge in [0.1, 0.15) is 0 Å². The second-order valence-electron chi connectivity index (χ2n) is 4.22. The van der Waals surface area contributed by atoms with E-state index in [-0.39, 0.29) is 0 Å². The largest absolute Gasteiger partial charge is 0.336 e. The summed E-state index contributed by atoms with van der Waals surface area (Å²) in [4.78, 5) is 0. The molecule has 1 aromatic carbocycles. The van der Waals surface area contributed by atoms with Gasteiger partial charge in [0.2, 0.25) is 0 Å². The van der Waals surface area contributed by atoms with Gasteiger partial charge < -0.3 is 4.57 Å². The van der Waals surface area contributed by atoms with E-state index in [9.17, 15) is 0 Å². The van der Waals surface area contributed by atoms with E-state index in [0.717, 1.165) is 5.92 Å². The minimum atomic E-state index is 0.924. The summed E-state index contributed by atoms with van der Waals surface area (Å²) in [6.07, 6.45) is 2.81. The third kappa shape index (κ3) is 1.96. The number of hydrogen-bond acceptors (Lipinski definition) is 0. The molecule has 1 aliphatic carbocycles. The molecule has 3 heteroatoms. The van der Waals surface area contributed by atoms with E-state index >= 15 is 0 Å². The number of nitrogens with zero attached hydrogens (tertiary/aromatic N) is 1. The van der Waals surface area contributed by atoms with Crippen molar-refractivity contribution in [1.82, 2.24) is 4.57 Å². The summed E-state index contributed by atoms with van der Waals surface area (Å²) in [5, 5.41) is 1.35. The van der Waals surface area contributed by atoms with Crippen molar-refractivity contribution in [1.29, 1.82) is 0 Å². The van der Waals surface area contributed by atoms with E-state index in [1.165, 1.54) is 38.5 Å². The predicted molar refractivity (Wildman–Crippen MR) is 75.1 cm³/mol. The Kier molecular flexibility index (Phi) is 2.55. The Morgan fingerprint density at radius 1 is 1.33 bits per heavy atom. The monoisotopic (exact) mass is 375 g/mol. The van der Waals surface area contributed by atoms with E-state index in [1.54, 1.807) is 0 Å². The number of benzene rings is 1. The Hall–Kier alpha value is -0.0300. The molecule has 1 nitrogen and oxygen atoms in total. The first-order valence-electron chi connectivity index (χ1n) is 5.18. The van der Waals surface area contributed by atoms with Crippen LogP contribution in [-0.2, 0) is 6.54 Å². The summed E-state index contributed by atoms with van der Waals surface area (Å²) >= 11 is 5.98. The maximum Gasteiger partial charge on any atom is 0.0809 e. The normalized spacial score (nSPS) is 16.1. The molecule has 1 saturated carbocycles. The molecule has 0 unspecified atom stereocenters. The number of rotatable bonds is 2. The van der Waals surface area contributed by atoms with E-state index in [2.05, 4.69) is 67.4 Å². The Morgan fingerprint density at radius 3 is 2.87 bits per heavy atom. The first-order chi connectivity index (χ1) is 7.24. The predicted octanol–water partition coefficient (Wildman–Crippen LogP) is 4.42. The third-order valence-corrected chi connectivity index (χ3v) is 4.34. The molecule has 15 heavy (non-hydrogen) atoms. The van der Waals surface area contributed by atoms with Gasteiger partial charge in [-0.3, -0.25) is 0 Å². The summed E-state index contributed by atoms with van der Waals surface area (Å²) in [6.45, 7) is 1.19. The molecular formula is C12H11BrIN. The SMILES string of the molecule is Brc1ccc2cc(I)n(CC3CC3)c2c1. The van der Waals surface area contributed by atoms with Gasteiger partial charge in [0.25, 0.3) is 0 Å². The van der Waals surface area contributed by atoms with Gasteiger partial charge in [-0.1, -0.05) is 22.0 Å². The van der Waals surface area contributed by atoms with Crippen LogP contribution >= 0.6 is 38.5 Å². The average Bonchev–Trinajstić information content (AvgIpc) is 2.96. The molecule has 0 spiro atoms. The minimum Gasteiger partial charge on any atom is -0.336 e. The summed E-state index contributed by atoms with van der Waals surface area (Å²) < 4.78 is 4.97. The lowest BCUT2D eigenvalue weighted by atomic mass is 10.2. The Bertz CT molecular complexity index is 514. The molecule has 0 saturated heterocycles. The van der Waals surface area contributed by atoms with Gasteiger partial charge in [0, 0.05) is 21.9 Å². The van der Waals surface area contributed by atoms with Crippen molar-refractivity contribution in [2.24, 2.45) is 5.92 Å². The average molecular weight is 376 g/mol. The van der Waals surface area contributed by atoms with Crippen LogP contribution in [0.5, 0.6) is 0 Å². The lowest BCUT2D eigenvalue weighted by molar-refractivity contribution is 0.636. The van der Waals surface area contributed by atoms with Crippen molar-refractivity contribution < 1.29 is 0 Å². The fourth-order valence-corrected chi connectivity index (χ4v) is 3.08. The topological polar surface area (TPSA) is 4.93 Å². The molecule has 0 amide bonds. The van der Waals surface area contributed by atoms with Crippen LogP contribution in [0.25, 0.3) is 10.9 Å². The molecule has 78 valence electrons. The quantitative estimate of drug-likeness (QED) is 0.685. The highest BCUT2D eigenvalue weighted by Crippen LogP contribution is 2.34. The van der Waals surface area contributed by atoms with Gasteiger partial charge in [-0.15, -0.1) is 0 Å². The zero-order valence-electron chi connectivity index (χ0n) is 8.21. The Labute approximate surface area is 111 Å². The van der Waals surface area contributed by atoms with Crippen LogP contribution < -0.4 is 0 Å². The van der Waals surface area contributed by atoms with Crippen molar-refractivity contribution in [3.63, 3.8) is 0 Å². The van der Waals surface area contributed by atoms with Gasteiger partial charge >= 0.3 is 0 Å². The van der Waals surface area contributed by atoms with Crippen LogP contribution in [0.1, 0.15) is 12.8 Å². The van der Waals surface area contributed by atoms with Crippen molar-refractivity contribution in [2.75, 3.05) is 0 Å². The fourth-order valence-electron chi connectivity index (χ4n) is 1.94. The smallest absolute Gasteiger partial charge is 0.0809 e. The first-order valence-corrected chi connectivity index (χ1v) is 7.05. The van der Waals surface area contributed by atoms with Gasteiger partial charge in [0.15, 0.2) is 0 Å². The van der Waals surface area contributed by atoms with Crippen LogP contribution in [0.4, 0.5) is 0 Å². The van der Waals surface area contributed by atoms with E-state index in [4.69, 9.17) is 0 Å². The molecule has 3 rings (SSSR count). The molecule has 1 aromatic heterocycles. The van der Waals surface area contributed by atoms with Crippen LogP contribution in [0.3, 0.4) is 0 Å². The fraction of sp³-hybridized carbons (Fsp3) is 0.333. The maximum atomic E-state index is 3.54. The summed E-state index contributed by atoms with van der Waals surface area (Å²) in [7, 11) is 0. The van der Waals surface area contributed by atoms with Gasteiger partial charge in [0.05, 0.1) is 3.70 Å². The maximum absolute atomic E-state index is 3.54. The zero-order valence-corrected chi connectivity index (χ0v) is 12.0. The molecule has 1 aliphatic rings. The lowest BCUT2D eigenvalue weighted by Crippen LogP contribution is -2.01. The number of halogens is 2. The van der Waals surface area contributed by atoms with Crippen LogP contribution in [-0.4, -0.2) is 4.57 Å².